The third kappa shape index (κ3) is 2.85. The summed E-state index contributed by atoms with van der Waals surface area (Å²) in [5, 5.41) is 5.59. The molecule has 98 valence electrons. The summed E-state index contributed by atoms with van der Waals surface area (Å²) in [6, 6.07) is 5.56. The van der Waals surface area contributed by atoms with Gasteiger partial charge < -0.3 is 20.1 Å². The first kappa shape index (κ1) is 12.5. The van der Waals surface area contributed by atoms with Crippen LogP contribution < -0.4 is 20.1 Å². The molecule has 18 heavy (non-hydrogen) atoms. The lowest BCUT2D eigenvalue weighted by atomic mass is 10.0. The second-order valence-electron chi connectivity index (χ2n) is 4.19. The quantitative estimate of drug-likeness (QED) is 0.850. The van der Waals surface area contributed by atoms with Crippen molar-refractivity contribution in [1.29, 1.82) is 0 Å². The van der Waals surface area contributed by atoms with Crippen LogP contribution in [0.25, 0.3) is 0 Å². The highest BCUT2D eigenvalue weighted by molar-refractivity contribution is 5.74. The number of carbonyl (C=O) groups excluding carboxylic acids is 1. The predicted octanol–water partition coefficient (Wildman–Crippen LogP) is 1.32. The number of benzene rings is 1. The van der Waals surface area contributed by atoms with Crippen molar-refractivity contribution in [2.75, 3.05) is 20.3 Å². The topological polar surface area (TPSA) is 59.6 Å². The Morgan fingerprint density at radius 3 is 3.11 bits per heavy atom. The maximum absolute atomic E-state index is 11.4. The van der Waals surface area contributed by atoms with Gasteiger partial charge in [-0.05, 0) is 37.1 Å². The van der Waals surface area contributed by atoms with E-state index in [4.69, 9.17) is 9.47 Å². The number of fused-ring (bicyclic) bond motifs is 1. The normalized spacial score (nSPS) is 17.3. The van der Waals surface area contributed by atoms with Crippen LogP contribution in [-0.4, -0.2) is 32.3 Å². The second kappa shape index (κ2) is 5.62. The van der Waals surface area contributed by atoms with Gasteiger partial charge in [0.2, 0.25) is 0 Å². The molecule has 2 N–H and O–H groups in total. The molecule has 0 aromatic heterocycles. The summed E-state index contributed by atoms with van der Waals surface area (Å²) in [4.78, 5) is 11.4. The minimum atomic E-state index is -0.155. The number of rotatable bonds is 3. The standard InChI is InChI=1S/C13H18N2O3/c1-3-14-13(16)15-10-6-9-7-11(17-2)4-5-12(9)18-8-10/h4-5,7,10H,3,6,8H2,1-2H3,(H2,14,15,16)/t10-/m0/s1. The molecule has 1 aromatic carbocycles. The predicted molar refractivity (Wildman–Crippen MR) is 68.2 cm³/mol. The van der Waals surface area contributed by atoms with Gasteiger partial charge >= 0.3 is 6.03 Å². The fourth-order valence-corrected chi connectivity index (χ4v) is 1.99. The monoisotopic (exact) mass is 250 g/mol. The average molecular weight is 250 g/mol. The molecular weight excluding hydrogens is 232 g/mol. The summed E-state index contributed by atoms with van der Waals surface area (Å²) < 4.78 is 10.8. The van der Waals surface area contributed by atoms with Crippen LogP contribution in [0.2, 0.25) is 0 Å². The van der Waals surface area contributed by atoms with Gasteiger partial charge in [0.1, 0.15) is 18.1 Å². The van der Waals surface area contributed by atoms with Gasteiger partial charge in [-0.1, -0.05) is 0 Å². The van der Waals surface area contributed by atoms with Gasteiger partial charge in [0, 0.05) is 6.54 Å². The molecule has 0 saturated heterocycles. The second-order valence-corrected chi connectivity index (χ2v) is 4.19. The smallest absolute Gasteiger partial charge is 0.315 e. The van der Waals surface area contributed by atoms with Crippen LogP contribution in [-0.2, 0) is 6.42 Å². The molecule has 5 nitrogen and oxygen atoms in total. The van der Waals surface area contributed by atoms with Gasteiger partial charge in [-0.2, -0.15) is 0 Å². The van der Waals surface area contributed by atoms with E-state index in [2.05, 4.69) is 10.6 Å². The SMILES string of the molecule is CCNC(=O)N[C@@H]1COc2ccc(OC)cc2C1. The number of hydrogen-bond acceptors (Lipinski definition) is 3. The number of urea groups is 1. The maximum atomic E-state index is 11.4. The molecular formula is C13H18N2O3. The minimum absolute atomic E-state index is 0.00356. The molecule has 0 aliphatic carbocycles. The zero-order valence-corrected chi connectivity index (χ0v) is 10.7. The first-order chi connectivity index (χ1) is 8.72. The van der Waals surface area contributed by atoms with E-state index >= 15 is 0 Å². The summed E-state index contributed by atoms with van der Waals surface area (Å²) in [6.45, 7) is 3.00. The van der Waals surface area contributed by atoms with E-state index in [1.54, 1.807) is 7.11 Å². The van der Waals surface area contributed by atoms with Gasteiger partial charge in [-0.3, -0.25) is 0 Å². The maximum Gasteiger partial charge on any atom is 0.315 e. The molecule has 1 aliphatic heterocycles. The summed E-state index contributed by atoms with van der Waals surface area (Å²) in [5.41, 5.74) is 1.06. The first-order valence-corrected chi connectivity index (χ1v) is 6.07. The van der Waals surface area contributed by atoms with Crippen LogP contribution in [0.15, 0.2) is 18.2 Å². The zero-order valence-electron chi connectivity index (χ0n) is 10.7. The molecule has 0 radical (unpaired) electrons. The van der Waals surface area contributed by atoms with E-state index in [0.717, 1.165) is 23.5 Å². The number of nitrogens with one attached hydrogen (secondary N) is 2. The lowest BCUT2D eigenvalue weighted by Crippen LogP contribution is -2.47. The first-order valence-electron chi connectivity index (χ1n) is 6.07. The largest absolute Gasteiger partial charge is 0.497 e. The Morgan fingerprint density at radius 2 is 2.39 bits per heavy atom. The lowest BCUT2D eigenvalue weighted by Gasteiger charge is -2.26. The molecule has 0 spiro atoms. The van der Waals surface area contributed by atoms with E-state index in [1.807, 2.05) is 25.1 Å². The highest BCUT2D eigenvalue weighted by Gasteiger charge is 2.21. The van der Waals surface area contributed by atoms with Gasteiger partial charge in [0.15, 0.2) is 0 Å². The van der Waals surface area contributed by atoms with Gasteiger partial charge in [0.25, 0.3) is 0 Å². The number of methoxy groups -OCH3 is 1. The van der Waals surface area contributed by atoms with Crippen LogP contribution in [0, 0.1) is 0 Å². The molecule has 2 rings (SSSR count). The van der Waals surface area contributed by atoms with Crippen LogP contribution in [0.1, 0.15) is 12.5 Å². The molecule has 0 bridgehead atoms. The number of hydrogen-bond donors (Lipinski definition) is 2. The Hall–Kier alpha value is -1.91. The average Bonchev–Trinajstić information content (AvgIpc) is 2.38. The lowest BCUT2D eigenvalue weighted by molar-refractivity contribution is 0.214. The van der Waals surface area contributed by atoms with Crippen molar-refractivity contribution in [3.63, 3.8) is 0 Å². The Balaban J connectivity index is 2.02. The van der Waals surface area contributed by atoms with Gasteiger partial charge in [-0.25, -0.2) is 4.79 Å². The van der Waals surface area contributed by atoms with Crippen molar-refractivity contribution in [3.05, 3.63) is 23.8 Å². The minimum Gasteiger partial charge on any atom is -0.497 e. The van der Waals surface area contributed by atoms with Crippen molar-refractivity contribution in [2.24, 2.45) is 0 Å². The van der Waals surface area contributed by atoms with Crippen LogP contribution in [0.5, 0.6) is 11.5 Å². The van der Waals surface area contributed by atoms with Crippen LogP contribution in [0.3, 0.4) is 0 Å². The fourth-order valence-electron chi connectivity index (χ4n) is 1.99. The molecule has 0 saturated carbocycles. The molecule has 1 aliphatic rings. The third-order valence-corrected chi connectivity index (χ3v) is 2.85. The Morgan fingerprint density at radius 1 is 1.56 bits per heavy atom. The van der Waals surface area contributed by atoms with E-state index in [0.29, 0.717) is 13.2 Å². The van der Waals surface area contributed by atoms with Gasteiger partial charge in [0.05, 0.1) is 13.2 Å². The van der Waals surface area contributed by atoms with E-state index < -0.39 is 0 Å². The Labute approximate surface area is 106 Å². The molecule has 0 fully saturated rings. The van der Waals surface area contributed by atoms with E-state index in [9.17, 15) is 4.79 Å². The Kier molecular flexibility index (Phi) is 3.92. The number of ether oxygens (including phenoxy) is 2. The zero-order chi connectivity index (χ0) is 13.0. The van der Waals surface area contributed by atoms with Crippen molar-refractivity contribution < 1.29 is 14.3 Å². The molecule has 2 amide bonds. The molecule has 5 heteroatoms. The summed E-state index contributed by atoms with van der Waals surface area (Å²) in [7, 11) is 1.63. The number of carbonyl (C=O) groups is 1. The van der Waals surface area contributed by atoms with Gasteiger partial charge in [-0.15, -0.1) is 0 Å². The molecule has 1 aromatic rings. The molecule has 1 atom stereocenters. The van der Waals surface area contributed by atoms with Crippen molar-refractivity contribution in [3.8, 4) is 11.5 Å². The van der Waals surface area contributed by atoms with Crippen molar-refractivity contribution in [2.45, 2.75) is 19.4 Å². The van der Waals surface area contributed by atoms with Crippen molar-refractivity contribution >= 4 is 6.03 Å². The fraction of sp³-hybridized carbons (Fsp3) is 0.462. The third-order valence-electron chi connectivity index (χ3n) is 2.85. The van der Waals surface area contributed by atoms with Crippen LogP contribution >= 0.6 is 0 Å². The highest BCUT2D eigenvalue weighted by atomic mass is 16.5. The molecule has 1 heterocycles. The van der Waals surface area contributed by atoms with E-state index in [-0.39, 0.29) is 12.1 Å². The van der Waals surface area contributed by atoms with Crippen molar-refractivity contribution in [1.82, 2.24) is 10.6 Å². The summed E-state index contributed by atoms with van der Waals surface area (Å²) in [6.07, 6.45) is 0.754. The number of amides is 2. The summed E-state index contributed by atoms with van der Waals surface area (Å²) in [5.74, 6) is 1.67. The molecule has 0 unspecified atom stereocenters. The Bertz CT molecular complexity index is 434. The highest BCUT2D eigenvalue weighted by Crippen LogP contribution is 2.28. The summed E-state index contributed by atoms with van der Waals surface area (Å²) >= 11 is 0. The van der Waals surface area contributed by atoms with Crippen LogP contribution in [0.4, 0.5) is 4.79 Å². The van der Waals surface area contributed by atoms with E-state index in [1.165, 1.54) is 0 Å².